The molecule has 0 saturated heterocycles. The lowest BCUT2D eigenvalue weighted by Crippen LogP contribution is -2.04. The van der Waals surface area contributed by atoms with Gasteiger partial charge in [0.2, 0.25) is 0 Å². The minimum absolute atomic E-state index is 0.0387. The lowest BCUT2D eigenvalue weighted by atomic mass is 9.91. The first kappa shape index (κ1) is 10.2. The molecule has 3 unspecified atom stereocenters. The Morgan fingerprint density at radius 3 is 2.79 bits per heavy atom. The molecular weight excluding hydrogens is 243 g/mol. The van der Waals surface area contributed by atoms with Gasteiger partial charge in [-0.25, -0.2) is 4.39 Å². The van der Waals surface area contributed by atoms with E-state index in [2.05, 4.69) is 29.8 Å². The topological polar surface area (TPSA) is 0 Å². The third kappa shape index (κ3) is 1.31. The van der Waals surface area contributed by atoms with Crippen LogP contribution >= 0.6 is 15.9 Å². The standard InChI is InChI=1S/C12H14BrF/c1-3-8-7(2)12(13)9-5-4-6-10(14)11(8)9/h4-8,12H,3H2,1-2H3. The number of halogens is 2. The Kier molecular flexibility index (Phi) is 2.65. The Morgan fingerprint density at radius 2 is 2.14 bits per heavy atom. The zero-order valence-corrected chi connectivity index (χ0v) is 10.0. The minimum Gasteiger partial charge on any atom is -0.207 e. The number of benzene rings is 1. The Labute approximate surface area is 92.6 Å². The zero-order chi connectivity index (χ0) is 10.3. The van der Waals surface area contributed by atoms with Crippen LogP contribution in [0.25, 0.3) is 0 Å². The van der Waals surface area contributed by atoms with Crippen molar-refractivity contribution < 1.29 is 4.39 Å². The summed E-state index contributed by atoms with van der Waals surface area (Å²) in [7, 11) is 0. The fraction of sp³-hybridized carbons (Fsp3) is 0.500. The summed E-state index contributed by atoms with van der Waals surface area (Å²) in [6.07, 6.45) is 1.01. The highest BCUT2D eigenvalue weighted by molar-refractivity contribution is 9.09. The molecule has 1 aromatic carbocycles. The molecule has 76 valence electrons. The molecule has 0 heterocycles. The molecule has 0 bridgehead atoms. The van der Waals surface area contributed by atoms with Crippen LogP contribution in [0, 0.1) is 11.7 Å². The van der Waals surface area contributed by atoms with E-state index in [4.69, 9.17) is 0 Å². The van der Waals surface area contributed by atoms with E-state index in [1.54, 1.807) is 12.1 Å². The van der Waals surface area contributed by atoms with Crippen molar-refractivity contribution in [2.45, 2.75) is 31.0 Å². The molecule has 2 heteroatoms. The van der Waals surface area contributed by atoms with Crippen molar-refractivity contribution in [3.63, 3.8) is 0 Å². The average Bonchev–Trinajstić information content (AvgIpc) is 2.43. The van der Waals surface area contributed by atoms with Crippen molar-refractivity contribution in [1.29, 1.82) is 0 Å². The van der Waals surface area contributed by atoms with Crippen LogP contribution in [0.1, 0.15) is 42.1 Å². The van der Waals surface area contributed by atoms with E-state index in [9.17, 15) is 4.39 Å². The lowest BCUT2D eigenvalue weighted by Gasteiger charge is -2.15. The van der Waals surface area contributed by atoms with Gasteiger partial charge in [0, 0.05) is 4.83 Å². The molecule has 0 nitrogen and oxygen atoms in total. The number of alkyl halides is 1. The molecule has 0 radical (unpaired) electrons. The van der Waals surface area contributed by atoms with Crippen LogP contribution in [0.5, 0.6) is 0 Å². The first-order chi connectivity index (χ1) is 6.66. The Hall–Kier alpha value is -0.370. The van der Waals surface area contributed by atoms with Gasteiger partial charge < -0.3 is 0 Å². The zero-order valence-electron chi connectivity index (χ0n) is 8.43. The lowest BCUT2D eigenvalue weighted by molar-refractivity contribution is 0.469. The van der Waals surface area contributed by atoms with Crippen molar-refractivity contribution in [1.82, 2.24) is 0 Å². The maximum atomic E-state index is 13.7. The Morgan fingerprint density at radius 1 is 1.43 bits per heavy atom. The summed E-state index contributed by atoms with van der Waals surface area (Å²) >= 11 is 3.65. The first-order valence-electron chi connectivity index (χ1n) is 5.09. The maximum absolute atomic E-state index is 13.7. The molecule has 1 aliphatic rings. The van der Waals surface area contributed by atoms with Gasteiger partial charge in [-0.2, -0.15) is 0 Å². The number of hydrogen-bond acceptors (Lipinski definition) is 0. The van der Waals surface area contributed by atoms with Crippen molar-refractivity contribution in [2.24, 2.45) is 5.92 Å². The molecule has 0 saturated carbocycles. The van der Waals surface area contributed by atoms with E-state index in [0.717, 1.165) is 17.5 Å². The predicted molar refractivity (Wildman–Crippen MR) is 60.3 cm³/mol. The molecule has 14 heavy (non-hydrogen) atoms. The third-order valence-corrected chi connectivity index (χ3v) is 4.62. The van der Waals surface area contributed by atoms with Crippen LogP contribution in [0.4, 0.5) is 4.39 Å². The molecule has 0 amide bonds. The van der Waals surface area contributed by atoms with Crippen LogP contribution in [0.2, 0.25) is 0 Å². The molecule has 0 aromatic heterocycles. The van der Waals surface area contributed by atoms with Crippen molar-refractivity contribution in [2.75, 3.05) is 0 Å². The maximum Gasteiger partial charge on any atom is 0.127 e. The van der Waals surface area contributed by atoms with Gasteiger partial charge in [0.1, 0.15) is 5.82 Å². The first-order valence-corrected chi connectivity index (χ1v) is 6.00. The van der Waals surface area contributed by atoms with Crippen molar-refractivity contribution in [3.8, 4) is 0 Å². The van der Waals surface area contributed by atoms with E-state index < -0.39 is 0 Å². The molecule has 1 aromatic rings. The summed E-state index contributed by atoms with van der Waals surface area (Å²) in [5.74, 6) is 0.825. The minimum atomic E-state index is -0.0387. The smallest absolute Gasteiger partial charge is 0.127 e. The van der Waals surface area contributed by atoms with Crippen LogP contribution in [-0.4, -0.2) is 0 Å². The summed E-state index contributed by atoms with van der Waals surface area (Å²) < 4.78 is 13.7. The summed E-state index contributed by atoms with van der Waals surface area (Å²) in [6.45, 7) is 4.31. The fourth-order valence-electron chi connectivity index (χ4n) is 2.51. The average molecular weight is 257 g/mol. The quantitative estimate of drug-likeness (QED) is 0.654. The molecule has 3 atom stereocenters. The molecule has 2 rings (SSSR count). The van der Waals surface area contributed by atoms with E-state index in [-0.39, 0.29) is 5.82 Å². The highest BCUT2D eigenvalue weighted by atomic mass is 79.9. The normalized spacial score (nSPS) is 30.4. The van der Waals surface area contributed by atoms with Crippen molar-refractivity contribution in [3.05, 3.63) is 35.1 Å². The Bertz CT molecular complexity index is 348. The molecule has 0 N–H and O–H groups in total. The van der Waals surface area contributed by atoms with Crippen LogP contribution in [-0.2, 0) is 0 Å². The van der Waals surface area contributed by atoms with Crippen LogP contribution in [0.3, 0.4) is 0 Å². The van der Waals surface area contributed by atoms with Gasteiger partial charge in [0.15, 0.2) is 0 Å². The second-order valence-electron chi connectivity index (χ2n) is 4.02. The summed E-state index contributed by atoms with van der Waals surface area (Å²) in [6, 6.07) is 5.40. The molecule has 0 fully saturated rings. The summed E-state index contributed by atoms with van der Waals surface area (Å²) in [5.41, 5.74) is 2.08. The van der Waals surface area contributed by atoms with Crippen molar-refractivity contribution >= 4 is 15.9 Å². The van der Waals surface area contributed by atoms with Gasteiger partial charge in [0.05, 0.1) is 0 Å². The van der Waals surface area contributed by atoms with Gasteiger partial charge in [-0.3, -0.25) is 0 Å². The van der Waals surface area contributed by atoms with Gasteiger partial charge in [-0.1, -0.05) is 41.9 Å². The SMILES string of the molecule is CCC1c2c(F)cccc2C(Br)C1C. The second-order valence-corrected chi connectivity index (χ2v) is 5.00. The number of fused-ring (bicyclic) bond motifs is 1. The number of rotatable bonds is 1. The third-order valence-electron chi connectivity index (χ3n) is 3.29. The highest BCUT2D eigenvalue weighted by Crippen LogP contribution is 2.51. The molecule has 0 aliphatic heterocycles. The van der Waals surface area contributed by atoms with E-state index in [1.807, 2.05) is 6.07 Å². The van der Waals surface area contributed by atoms with E-state index in [1.165, 1.54) is 0 Å². The fourth-order valence-corrected chi connectivity index (χ4v) is 3.28. The van der Waals surface area contributed by atoms with Gasteiger partial charge in [-0.15, -0.1) is 0 Å². The highest BCUT2D eigenvalue weighted by Gasteiger charge is 2.36. The van der Waals surface area contributed by atoms with E-state index >= 15 is 0 Å². The van der Waals surface area contributed by atoms with Gasteiger partial charge in [-0.05, 0) is 35.4 Å². The monoisotopic (exact) mass is 256 g/mol. The second kappa shape index (κ2) is 3.65. The Balaban J connectivity index is 2.56. The van der Waals surface area contributed by atoms with Crippen LogP contribution < -0.4 is 0 Å². The largest absolute Gasteiger partial charge is 0.207 e. The molecule has 1 aliphatic carbocycles. The van der Waals surface area contributed by atoms with Crippen LogP contribution in [0.15, 0.2) is 18.2 Å². The summed E-state index contributed by atoms with van der Waals surface area (Å²) in [5, 5.41) is 0. The number of hydrogen-bond donors (Lipinski definition) is 0. The summed E-state index contributed by atoms with van der Waals surface area (Å²) in [4.78, 5) is 0.318. The molecule has 0 spiro atoms. The van der Waals surface area contributed by atoms with Gasteiger partial charge in [0.25, 0.3) is 0 Å². The van der Waals surface area contributed by atoms with Gasteiger partial charge >= 0.3 is 0 Å². The van der Waals surface area contributed by atoms with E-state index in [0.29, 0.717) is 16.7 Å². The molecular formula is C12H14BrF. The predicted octanol–water partition coefficient (Wildman–Crippen LogP) is 4.41.